The molecule has 1 rings (SSSR count). The SMILES string of the molecule is CCC([N+]1(C)CCCCC1)S(=O)(=O)O. The van der Waals surface area contributed by atoms with Gasteiger partial charge in [-0.3, -0.25) is 4.55 Å². The van der Waals surface area contributed by atoms with Crippen LogP contribution >= 0.6 is 0 Å². The minimum Gasteiger partial charge on any atom is -0.309 e. The van der Waals surface area contributed by atoms with E-state index in [2.05, 4.69) is 0 Å². The van der Waals surface area contributed by atoms with Crippen LogP contribution in [-0.2, 0) is 10.1 Å². The van der Waals surface area contributed by atoms with Gasteiger partial charge in [0.25, 0.3) is 0 Å². The number of nitrogens with zero attached hydrogens (tertiary/aromatic N) is 1. The predicted molar refractivity (Wildman–Crippen MR) is 55.4 cm³/mol. The summed E-state index contributed by atoms with van der Waals surface area (Å²) in [4.78, 5) is 0. The molecule has 0 saturated carbocycles. The molecular weight excluding hydrogens is 202 g/mol. The second-order valence-electron chi connectivity index (χ2n) is 4.37. The van der Waals surface area contributed by atoms with E-state index in [-0.39, 0.29) is 0 Å². The third kappa shape index (κ3) is 2.46. The van der Waals surface area contributed by atoms with Crippen molar-refractivity contribution >= 4 is 10.1 Å². The van der Waals surface area contributed by atoms with Gasteiger partial charge in [0.05, 0.1) is 20.1 Å². The Balaban J connectivity index is 2.87. The summed E-state index contributed by atoms with van der Waals surface area (Å²) < 4.78 is 32.0. The summed E-state index contributed by atoms with van der Waals surface area (Å²) in [5.41, 5.74) is 0. The molecule has 1 fully saturated rings. The Hall–Kier alpha value is -0.130. The fourth-order valence-corrected chi connectivity index (χ4v) is 3.77. The first-order valence-corrected chi connectivity index (χ1v) is 6.71. The minimum atomic E-state index is -3.90. The van der Waals surface area contributed by atoms with E-state index in [1.54, 1.807) is 0 Å². The molecule has 1 unspecified atom stereocenters. The number of quaternary nitrogens is 1. The second-order valence-corrected chi connectivity index (χ2v) is 5.94. The van der Waals surface area contributed by atoms with Crippen LogP contribution in [0, 0.1) is 0 Å². The molecule has 1 N–H and O–H groups in total. The van der Waals surface area contributed by atoms with Crippen LogP contribution in [0.3, 0.4) is 0 Å². The lowest BCUT2D eigenvalue weighted by molar-refractivity contribution is -0.924. The van der Waals surface area contributed by atoms with Crippen LogP contribution in [0.2, 0.25) is 0 Å². The van der Waals surface area contributed by atoms with Gasteiger partial charge in [0.2, 0.25) is 5.37 Å². The molecule has 1 aliphatic rings. The second kappa shape index (κ2) is 4.16. The highest BCUT2D eigenvalue weighted by Crippen LogP contribution is 2.24. The van der Waals surface area contributed by atoms with Gasteiger partial charge in [0.15, 0.2) is 0 Å². The molecular formula is C9H20NO3S+. The molecule has 1 heterocycles. The number of hydrogen-bond donors (Lipinski definition) is 1. The summed E-state index contributed by atoms with van der Waals surface area (Å²) in [7, 11) is -1.97. The molecule has 5 heteroatoms. The summed E-state index contributed by atoms with van der Waals surface area (Å²) in [6, 6.07) is 0. The first kappa shape index (κ1) is 11.9. The topological polar surface area (TPSA) is 54.4 Å². The van der Waals surface area contributed by atoms with Gasteiger partial charge in [-0.25, -0.2) is 0 Å². The number of likely N-dealkylation sites (tertiary alicyclic amines) is 1. The van der Waals surface area contributed by atoms with E-state index in [9.17, 15) is 8.42 Å². The van der Waals surface area contributed by atoms with Crippen LogP contribution in [-0.4, -0.2) is 43.0 Å². The van der Waals surface area contributed by atoms with Crippen LogP contribution in [0.5, 0.6) is 0 Å². The van der Waals surface area contributed by atoms with Crippen molar-refractivity contribution in [3.8, 4) is 0 Å². The molecule has 1 atom stereocenters. The molecule has 4 nitrogen and oxygen atoms in total. The van der Waals surface area contributed by atoms with Gasteiger partial charge in [-0.2, -0.15) is 8.42 Å². The molecule has 1 aliphatic heterocycles. The highest BCUT2D eigenvalue weighted by atomic mass is 32.2. The van der Waals surface area contributed by atoms with Gasteiger partial charge < -0.3 is 4.48 Å². The fourth-order valence-electron chi connectivity index (χ4n) is 2.50. The fraction of sp³-hybridized carbons (Fsp3) is 1.00. The quantitative estimate of drug-likeness (QED) is 0.577. The summed E-state index contributed by atoms with van der Waals surface area (Å²) >= 11 is 0. The lowest BCUT2D eigenvalue weighted by atomic mass is 10.1. The van der Waals surface area contributed by atoms with Crippen molar-refractivity contribution < 1.29 is 17.5 Å². The molecule has 0 aromatic rings. The van der Waals surface area contributed by atoms with E-state index in [0.717, 1.165) is 25.9 Å². The molecule has 0 spiro atoms. The number of piperidine rings is 1. The maximum Gasteiger partial charge on any atom is 0.319 e. The van der Waals surface area contributed by atoms with Gasteiger partial charge >= 0.3 is 10.1 Å². The molecule has 0 aromatic carbocycles. The largest absolute Gasteiger partial charge is 0.319 e. The Morgan fingerprint density at radius 1 is 1.29 bits per heavy atom. The number of rotatable bonds is 3. The summed E-state index contributed by atoms with van der Waals surface area (Å²) in [6.07, 6.45) is 3.77. The summed E-state index contributed by atoms with van der Waals surface area (Å²) in [5.74, 6) is 0. The van der Waals surface area contributed by atoms with E-state index < -0.39 is 15.5 Å². The molecule has 0 aliphatic carbocycles. The van der Waals surface area contributed by atoms with Crippen molar-refractivity contribution in [1.29, 1.82) is 0 Å². The van der Waals surface area contributed by atoms with Gasteiger partial charge in [-0.1, -0.05) is 6.92 Å². The van der Waals surface area contributed by atoms with E-state index in [1.807, 2.05) is 14.0 Å². The highest BCUT2D eigenvalue weighted by molar-refractivity contribution is 7.86. The van der Waals surface area contributed by atoms with Crippen LogP contribution in [0.4, 0.5) is 0 Å². The first-order valence-electron chi connectivity index (χ1n) is 5.20. The van der Waals surface area contributed by atoms with E-state index >= 15 is 0 Å². The lowest BCUT2D eigenvalue weighted by Gasteiger charge is -2.42. The average Bonchev–Trinajstić information content (AvgIpc) is 2.03. The smallest absolute Gasteiger partial charge is 0.309 e. The average molecular weight is 222 g/mol. The minimum absolute atomic E-state index is 0.481. The van der Waals surface area contributed by atoms with Gasteiger partial charge in [-0.15, -0.1) is 0 Å². The lowest BCUT2D eigenvalue weighted by Crippen LogP contribution is -2.57. The summed E-state index contributed by atoms with van der Waals surface area (Å²) in [5, 5.41) is -0.636. The first-order chi connectivity index (χ1) is 6.40. The third-order valence-electron chi connectivity index (χ3n) is 3.23. The van der Waals surface area contributed by atoms with Crippen LogP contribution in [0.1, 0.15) is 32.6 Å². The zero-order valence-electron chi connectivity index (χ0n) is 8.94. The van der Waals surface area contributed by atoms with Gasteiger partial charge in [0.1, 0.15) is 0 Å². The molecule has 0 bridgehead atoms. The Morgan fingerprint density at radius 2 is 1.79 bits per heavy atom. The Kier molecular flexibility index (Phi) is 3.55. The van der Waals surface area contributed by atoms with Crippen LogP contribution in [0.25, 0.3) is 0 Å². The summed E-state index contributed by atoms with van der Waals surface area (Å²) in [6.45, 7) is 3.53. The zero-order chi connectivity index (χ0) is 10.8. The predicted octanol–water partition coefficient (Wildman–Crippen LogP) is 1.24. The maximum atomic E-state index is 11.2. The van der Waals surface area contributed by atoms with Crippen molar-refractivity contribution in [3.63, 3.8) is 0 Å². The van der Waals surface area contributed by atoms with Gasteiger partial charge in [0, 0.05) is 6.42 Å². The number of hydrogen-bond acceptors (Lipinski definition) is 2. The molecule has 1 saturated heterocycles. The Bertz CT molecular complexity index is 280. The van der Waals surface area contributed by atoms with Crippen LogP contribution in [0.15, 0.2) is 0 Å². The van der Waals surface area contributed by atoms with Crippen molar-refractivity contribution in [2.24, 2.45) is 0 Å². The van der Waals surface area contributed by atoms with E-state index in [0.29, 0.717) is 10.9 Å². The van der Waals surface area contributed by atoms with Crippen molar-refractivity contribution in [3.05, 3.63) is 0 Å². The van der Waals surface area contributed by atoms with Crippen molar-refractivity contribution in [2.75, 3.05) is 20.1 Å². The molecule has 14 heavy (non-hydrogen) atoms. The van der Waals surface area contributed by atoms with Crippen LogP contribution < -0.4 is 0 Å². The van der Waals surface area contributed by atoms with Crippen molar-refractivity contribution in [2.45, 2.75) is 38.0 Å². The molecule has 0 radical (unpaired) electrons. The third-order valence-corrected chi connectivity index (χ3v) is 4.76. The Labute approximate surface area is 86.3 Å². The molecule has 0 aromatic heterocycles. The monoisotopic (exact) mass is 222 g/mol. The van der Waals surface area contributed by atoms with Gasteiger partial charge in [-0.05, 0) is 19.3 Å². The maximum absolute atomic E-state index is 11.2. The molecule has 0 amide bonds. The highest BCUT2D eigenvalue weighted by Gasteiger charge is 2.40. The van der Waals surface area contributed by atoms with E-state index in [1.165, 1.54) is 6.42 Å². The zero-order valence-corrected chi connectivity index (χ0v) is 9.76. The molecule has 84 valence electrons. The standard InChI is InChI=1S/C9H19NO3S/c1-3-9(14(11,12)13)10(2)7-5-4-6-8-10/h9H,3-8H2,1-2H3/p+1. The Morgan fingerprint density at radius 3 is 2.14 bits per heavy atom. The van der Waals surface area contributed by atoms with E-state index in [4.69, 9.17) is 4.55 Å². The normalized spacial score (nSPS) is 24.5. The van der Waals surface area contributed by atoms with Crippen molar-refractivity contribution in [1.82, 2.24) is 0 Å².